The summed E-state index contributed by atoms with van der Waals surface area (Å²) in [6.45, 7) is 4.18. The number of halogens is 2. The Labute approximate surface area is 220 Å². The Morgan fingerprint density at radius 2 is 1.95 bits per heavy atom. The number of nitrogens with zero attached hydrogens (tertiary/aromatic N) is 5. The summed E-state index contributed by atoms with van der Waals surface area (Å²) < 4.78 is 36.9. The smallest absolute Gasteiger partial charge is 0.135 e. The van der Waals surface area contributed by atoms with Gasteiger partial charge < -0.3 is 10.5 Å². The highest BCUT2D eigenvalue weighted by molar-refractivity contribution is 5.63. The van der Waals surface area contributed by atoms with Gasteiger partial charge in [0.05, 0.1) is 48.2 Å². The molecule has 3 heterocycles. The van der Waals surface area contributed by atoms with E-state index in [2.05, 4.69) is 28.1 Å². The Balaban J connectivity index is 1.42. The number of rotatable bonds is 7. The van der Waals surface area contributed by atoms with Gasteiger partial charge in [0.2, 0.25) is 0 Å². The zero-order valence-corrected chi connectivity index (χ0v) is 21.4. The fourth-order valence-electron chi connectivity index (χ4n) is 5.63. The SMILES string of the molecule is Cc1cc(F)c(-c2ccc3cnc(Cc4cnccc4[C@H]4C[C@@H](N)[C@@H](OCCC#N)[C@@H](C)C4)n3n2)c(F)c1. The van der Waals surface area contributed by atoms with Crippen molar-refractivity contribution in [3.8, 4) is 17.3 Å². The van der Waals surface area contributed by atoms with Crippen LogP contribution in [0.1, 0.15) is 54.6 Å². The van der Waals surface area contributed by atoms with Crippen molar-refractivity contribution in [3.63, 3.8) is 0 Å². The zero-order valence-electron chi connectivity index (χ0n) is 21.4. The zero-order chi connectivity index (χ0) is 26.8. The molecule has 1 aromatic carbocycles. The first-order valence-electron chi connectivity index (χ1n) is 12.8. The Hall–Kier alpha value is -3.74. The molecule has 1 saturated carbocycles. The average Bonchev–Trinajstić information content (AvgIpc) is 3.27. The summed E-state index contributed by atoms with van der Waals surface area (Å²) in [6.07, 6.45) is 7.71. The molecule has 4 atom stereocenters. The van der Waals surface area contributed by atoms with Gasteiger partial charge in [0.25, 0.3) is 0 Å². The van der Waals surface area contributed by atoms with E-state index < -0.39 is 11.6 Å². The molecular formula is C29H30F2N6O. The highest BCUT2D eigenvalue weighted by Crippen LogP contribution is 2.38. The number of pyridine rings is 1. The van der Waals surface area contributed by atoms with E-state index >= 15 is 0 Å². The number of hydrogen-bond donors (Lipinski definition) is 1. The monoisotopic (exact) mass is 516 g/mol. The van der Waals surface area contributed by atoms with Gasteiger partial charge in [0, 0.05) is 24.9 Å². The second-order valence-corrected chi connectivity index (χ2v) is 10.1. The first kappa shape index (κ1) is 25.9. The van der Waals surface area contributed by atoms with E-state index in [0.717, 1.165) is 29.5 Å². The van der Waals surface area contributed by atoms with Crippen LogP contribution in [-0.4, -0.2) is 38.3 Å². The number of fused-ring (bicyclic) bond motifs is 1. The molecule has 2 N–H and O–H groups in total. The lowest BCUT2D eigenvalue weighted by Gasteiger charge is -2.39. The summed E-state index contributed by atoms with van der Waals surface area (Å²) in [5.41, 5.74) is 9.98. The first-order valence-corrected chi connectivity index (χ1v) is 12.8. The minimum absolute atomic E-state index is 0.0775. The van der Waals surface area contributed by atoms with Gasteiger partial charge in [-0.2, -0.15) is 10.4 Å². The molecule has 5 rings (SSSR count). The number of imidazole rings is 1. The van der Waals surface area contributed by atoms with E-state index in [0.29, 0.717) is 30.8 Å². The Morgan fingerprint density at radius 1 is 1.16 bits per heavy atom. The van der Waals surface area contributed by atoms with E-state index in [-0.39, 0.29) is 35.2 Å². The summed E-state index contributed by atoms with van der Waals surface area (Å²) in [5, 5.41) is 13.4. The second-order valence-electron chi connectivity index (χ2n) is 10.1. The number of benzene rings is 1. The predicted octanol–water partition coefficient (Wildman–Crippen LogP) is 5.11. The standard InChI is InChI=1S/C29H30F2N6O/c1-17-10-23(30)28(24(31)11-17)26-5-4-21-16-35-27(37(21)36-26)14-20-15-34-8-6-22(20)19-12-18(2)29(25(33)13-19)38-9-3-7-32/h4-6,8,10-11,15-16,18-19,25,29H,3,9,12-14,33H2,1-2H3/t18-,19+,25+,29-/m0/s1. The maximum Gasteiger partial charge on any atom is 0.135 e. The molecule has 0 saturated heterocycles. The van der Waals surface area contributed by atoms with Gasteiger partial charge in [-0.1, -0.05) is 6.92 Å². The molecule has 38 heavy (non-hydrogen) atoms. The normalized spacial score (nSPS) is 21.5. The van der Waals surface area contributed by atoms with Crippen LogP contribution in [0.4, 0.5) is 8.78 Å². The quantitative estimate of drug-likeness (QED) is 0.343. The number of nitrogens with two attached hydrogens (primary N) is 1. The first-order chi connectivity index (χ1) is 18.4. The third-order valence-corrected chi connectivity index (χ3v) is 7.35. The van der Waals surface area contributed by atoms with Gasteiger partial charge in [-0.25, -0.2) is 18.3 Å². The summed E-state index contributed by atoms with van der Waals surface area (Å²) >= 11 is 0. The number of aromatic nitrogens is 4. The molecule has 9 heteroatoms. The molecule has 3 aromatic heterocycles. The van der Waals surface area contributed by atoms with Gasteiger partial charge in [0.15, 0.2) is 0 Å². The van der Waals surface area contributed by atoms with Crippen molar-refractivity contribution in [2.24, 2.45) is 11.7 Å². The Kier molecular flexibility index (Phi) is 7.45. The molecular weight excluding hydrogens is 486 g/mol. The van der Waals surface area contributed by atoms with Gasteiger partial charge in [-0.05, 0) is 78.6 Å². The molecule has 1 aliphatic rings. The van der Waals surface area contributed by atoms with E-state index in [4.69, 9.17) is 15.7 Å². The van der Waals surface area contributed by atoms with Crippen molar-refractivity contribution in [2.45, 2.75) is 57.6 Å². The van der Waals surface area contributed by atoms with Crippen LogP contribution in [0.2, 0.25) is 0 Å². The van der Waals surface area contributed by atoms with Crippen LogP contribution in [0.15, 0.2) is 48.9 Å². The third-order valence-electron chi connectivity index (χ3n) is 7.35. The van der Waals surface area contributed by atoms with Gasteiger partial charge in [-0.3, -0.25) is 4.98 Å². The summed E-state index contributed by atoms with van der Waals surface area (Å²) in [7, 11) is 0. The Bertz CT molecular complexity index is 1460. The van der Waals surface area contributed by atoms with Crippen molar-refractivity contribution >= 4 is 5.52 Å². The van der Waals surface area contributed by atoms with Crippen molar-refractivity contribution < 1.29 is 13.5 Å². The molecule has 1 aliphatic carbocycles. The van der Waals surface area contributed by atoms with Crippen LogP contribution in [0.5, 0.6) is 0 Å². The van der Waals surface area contributed by atoms with Crippen LogP contribution in [0, 0.1) is 35.8 Å². The minimum Gasteiger partial charge on any atom is -0.375 e. The van der Waals surface area contributed by atoms with Crippen LogP contribution >= 0.6 is 0 Å². The van der Waals surface area contributed by atoms with Crippen LogP contribution in [-0.2, 0) is 11.2 Å². The molecule has 0 radical (unpaired) electrons. The topological polar surface area (TPSA) is 102 Å². The molecule has 7 nitrogen and oxygen atoms in total. The predicted molar refractivity (Wildman–Crippen MR) is 139 cm³/mol. The number of hydrogen-bond acceptors (Lipinski definition) is 6. The van der Waals surface area contributed by atoms with Crippen molar-refractivity contribution in [2.75, 3.05) is 6.61 Å². The molecule has 0 bridgehead atoms. The molecule has 4 aromatic rings. The lowest BCUT2D eigenvalue weighted by Crippen LogP contribution is -2.46. The lowest BCUT2D eigenvalue weighted by molar-refractivity contribution is -0.0199. The van der Waals surface area contributed by atoms with Crippen LogP contribution < -0.4 is 5.73 Å². The number of nitriles is 1. The molecule has 0 spiro atoms. The highest BCUT2D eigenvalue weighted by Gasteiger charge is 2.35. The van der Waals surface area contributed by atoms with E-state index in [1.54, 1.807) is 36.0 Å². The lowest BCUT2D eigenvalue weighted by atomic mass is 9.73. The highest BCUT2D eigenvalue weighted by atomic mass is 19.1. The van der Waals surface area contributed by atoms with Crippen LogP contribution in [0.25, 0.3) is 16.8 Å². The third kappa shape index (κ3) is 5.15. The minimum atomic E-state index is -0.650. The average molecular weight is 517 g/mol. The fraction of sp³-hybridized carbons (Fsp3) is 0.379. The largest absolute Gasteiger partial charge is 0.375 e. The molecule has 1 fully saturated rings. The maximum absolute atomic E-state index is 14.7. The van der Waals surface area contributed by atoms with Crippen LogP contribution in [0.3, 0.4) is 0 Å². The van der Waals surface area contributed by atoms with E-state index in [1.807, 2.05) is 12.3 Å². The van der Waals surface area contributed by atoms with Crippen molar-refractivity contribution in [1.82, 2.24) is 19.6 Å². The van der Waals surface area contributed by atoms with Gasteiger partial charge in [-0.15, -0.1) is 0 Å². The second kappa shape index (κ2) is 10.9. The van der Waals surface area contributed by atoms with Crippen molar-refractivity contribution in [3.05, 3.63) is 83.1 Å². The number of ether oxygens (including phenoxy) is 1. The van der Waals surface area contributed by atoms with E-state index in [1.165, 1.54) is 12.1 Å². The fourth-order valence-corrected chi connectivity index (χ4v) is 5.63. The molecule has 0 amide bonds. The van der Waals surface area contributed by atoms with Gasteiger partial charge in [0.1, 0.15) is 17.5 Å². The van der Waals surface area contributed by atoms with Gasteiger partial charge >= 0.3 is 0 Å². The van der Waals surface area contributed by atoms with E-state index in [9.17, 15) is 8.78 Å². The summed E-state index contributed by atoms with van der Waals surface area (Å²) in [5.74, 6) is -0.195. The Morgan fingerprint density at radius 3 is 2.68 bits per heavy atom. The number of aryl methyl sites for hydroxylation is 1. The summed E-state index contributed by atoms with van der Waals surface area (Å²) in [4.78, 5) is 8.93. The molecule has 0 aliphatic heterocycles. The van der Waals surface area contributed by atoms with Crippen molar-refractivity contribution in [1.29, 1.82) is 5.26 Å². The maximum atomic E-state index is 14.7. The molecule has 196 valence electrons. The molecule has 0 unspecified atom stereocenters. The summed E-state index contributed by atoms with van der Waals surface area (Å²) in [6, 6.07) is 9.97.